The summed E-state index contributed by atoms with van der Waals surface area (Å²) < 4.78 is 5.42. The van der Waals surface area contributed by atoms with E-state index >= 15 is 0 Å². The van der Waals surface area contributed by atoms with E-state index in [2.05, 4.69) is 37.0 Å². The number of aliphatic carboxylic acids is 1. The lowest BCUT2D eigenvalue weighted by atomic mass is 10.1. The molecule has 4 nitrogen and oxygen atoms in total. The van der Waals surface area contributed by atoms with E-state index in [0.717, 1.165) is 16.3 Å². The Morgan fingerprint density at radius 2 is 2.10 bits per heavy atom. The molecule has 0 spiro atoms. The van der Waals surface area contributed by atoms with Gasteiger partial charge < -0.3 is 9.84 Å². The zero-order valence-corrected chi connectivity index (χ0v) is 13.5. The predicted molar refractivity (Wildman–Crippen MR) is 83.5 cm³/mol. The summed E-state index contributed by atoms with van der Waals surface area (Å²) in [5.74, 6) is -0.979. The van der Waals surface area contributed by atoms with Crippen molar-refractivity contribution in [2.24, 2.45) is 0 Å². The molecular formula is C16H19NO3S. The zero-order chi connectivity index (χ0) is 15.6. The van der Waals surface area contributed by atoms with Crippen LogP contribution in [0.2, 0.25) is 0 Å². The maximum atomic E-state index is 11.0. The van der Waals surface area contributed by atoms with Crippen LogP contribution < -0.4 is 0 Å². The third-order valence-electron chi connectivity index (χ3n) is 3.27. The van der Waals surface area contributed by atoms with Crippen LogP contribution in [0.4, 0.5) is 0 Å². The van der Waals surface area contributed by atoms with E-state index in [1.54, 1.807) is 11.3 Å². The Bertz CT molecular complexity index is 661. The summed E-state index contributed by atoms with van der Waals surface area (Å²) >= 11 is 1.55. The van der Waals surface area contributed by atoms with Gasteiger partial charge in [-0.25, -0.2) is 9.78 Å². The van der Waals surface area contributed by atoms with Crippen LogP contribution in [0.25, 0.3) is 10.6 Å². The predicted octanol–water partition coefficient (Wildman–Crippen LogP) is 3.81. The van der Waals surface area contributed by atoms with Gasteiger partial charge in [-0.1, -0.05) is 17.7 Å². The first-order valence-corrected chi connectivity index (χ1v) is 7.57. The number of carbonyl (C=O) groups is 1. The van der Waals surface area contributed by atoms with Crippen molar-refractivity contribution >= 4 is 17.3 Å². The van der Waals surface area contributed by atoms with Crippen LogP contribution in [0, 0.1) is 13.8 Å². The van der Waals surface area contributed by atoms with Crippen LogP contribution in [0.5, 0.6) is 0 Å². The number of hydrogen-bond acceptors (Lipinski definition) is 4. The minimum Gasteiger partial charge on any atom is -0.479 e. The van der Waals surface area contributed by atoms with Crippen LogP contribution in [0.3, 0.4) is 0 Å². The molecule has 2 rings (SSSR count). The number of rotatable bonds is 5. The third-order valence-corrected chi connectivity index (χ3v) is 4.20. The normalized spacial score (nSPS) is 11.6. The fraction of sp³-hybridized carbons (Fsp3) is 0.375. The number of carboxylic acids is 1. The van der Waals surface area contributed by atoms with Crippen molar-refractivity contribution < 1.29 is 14.6 Å². The number of aromatic nitrogens is 1. The maximum absolute atomic E-state index is 11.0. The van der Waals surface area contributed by atoms with E-state index in [4.69, 9.17) is 9.84 Å². The first-order chi connectivity index (χ1) is 9.79. The highest BCUT2D eigenvalue weighted by molar-refractivity contribution is 7.13. The topological polar surface area (TPSA) is 59.4 Å². The molecule has 5 heteroatoms. The maximum Gasteiger partial charge on any atom is 0.335 e. The second-order valence-electron chi connectivity index (χ2n) is 5.57. The van der Waals surface area contributed by atoms with Gasteiger partial charge in [0.1, 0.15) is 5.01 Å². The second kappa shape index (κ2) is 5.95. The van der Waals surface area contributed by atoms with Gasteiger partial charge >= 0.3 is 5.97 Å². The molecule has 0 fully saturated rings. The lowest BCUT2D eigenvalue weighted by molar-refractivity contribution is -0.162. The Kier molecular flexibility index (Phi) is 4.44. The van der Waals surface area contributed by atoms with Gasteiger partial charge in [-0.05, 0) is 39.3 Å². The smallest absolute Gasteiger partial charge is 0.335 e. The molecule has 1 aromatic heterocycles. The van der Waals surface area contributed by atoms with Crippen LogP contribution in [0.15, 0.2) is 23.6 Å². The lowest BCUT2D eigenvalue weighted by Crippen LogP contribution is -2.34. The van der Waals surface area contributed by atoms with E-state index in [0.29, 0.717) is 0 Å². The minimum atomic E-state index is -1.21. The van der Waals surface area contributed by atoms with Crippen molar-refractivity contribution in [1.82, 2.24) is 4.98 Å². The van der Waals surface area contributed by atoms with Crippen molar-refractivity contribution in [3.05, 3.63) is 40.4 Å². The number of ether oxygens (including phenoxy) is 1. The Labute approximate surface area is 128 Å². The van der Waals surface area contributed by atoms with Gasteiger partial charge in [0.05, 0.1) is 12.3 Å². The summed E-state index contributed by atoms with van der Waals surface area (Å²) in [5.41, 5.74) is 3.03. The van der Waals surface area contributed by atoms with Gasteiger partial charge in [0.2, 0.25) is 0 Å². The van der Waals surface area contributed by atoms with Crippen molar-refractivity contribution in [2.75, 3.05) is 0 Å². The Morgan fingerprint density at radius 3 is 2.76 bits per heavy atom. The quantitative estimate of drug-likeness (QED) is 0.912. The number of nitrogens with zero attached hydrogens (tertiary/aromatic N) is 1. The van der Waals surface area contributed by atoms with Crippen LogP contribution >= 0.6 is 11.3 Å². The van der Waals surface area contributed by atoms with Crippen molar-refractivity contribution in [3.63, 3.8) is 0 Å². The molecule has 1 N–H and O–H groups in total. The summed E-state index contributed by atoms with van der Waals surface area (Å²) in [4.78, 5) is 15.6. The largest absolute Gasteiger partial charge is 0.479 e. The van der Waals surface area contributed by atoms with E-state index in [-0.39, 0.29) is 6.61 Å². The molecule has 1 aromatic carbocycles. The number of thiazole rings is 1. The molecule has 21 heavy (non-hydrogen) atoms. The first kappa shape index (κ1) is 15.7. The van der Waals surface area contributed by atoms with Gasteiger partial charge in [-0.15, -0.1) is 11.3 Å². The summed E-state index contributed by atoms with van der Waals surface area (Å²) in [5, 5.41) is 11.9. The lowest BCUT2D eigenvalue weighted by Gasteiger charge is -2.19. The van der Waals surface area contributed by atoms with Crippen molar-refractivity contribution in [3.8, 4) is 10.6 Å². The molecule has 0 radical (unpaired) electrons. The summed E-state index contributed by atoms with van der Waals surface area (Å²) in [6, 6.07) is 6.27. The molecule has 0 saturated heterocycles. The SMILES string of the molecule is Cc1ccc(C)c(-c2nc(COC(C)(C)C(=O)O)cs2)c1. The van der Waals surface area contributed by atoms with Gasteiger partial charge in [-0.2, -0.15) is 0 Å². The Balaban J connectivity index is 2.15. The molecule has 0 bridgehead atoms. The second-order valence-corrected chi connectivity index (χ2v) is 6.42. The van der Waals surface area contributed by atoms with E-state index in [1.165, 1.54) is 25.0 Å². The van der Waals surface area contributed by atoms with Gasteiger partial charge in [0, 0.05) is 10.9 Å². The molecule has 0 aliphatic rings. The molecule has 0 aliphatic heterocycles. The summed E-state index contributed by atoms with van der Waals surface area (Å²) in [6.07, 6.45) is 0. The average molecular weight is 305 g/mol. The highest BCUT2D eigenvalue weighted by Crippen LogP contribution is 2.28. The molecule has 2 aromatic rings. The zero-order valence-electron chi connectivity index (χ0n) is 12.6. The van der Waals surface area contributed by atoms with E-state index in [1.807, 2.05) is 5.38 Å². The summed E-state index contributed by atoms with van der Waals surface area (Å²) in [6.45, 7) is 7.37. The molecular weight excluding hydrogens is 286 g/mol. The van der Waals surface area contributed by atoms with Crippen molar-refractivity contribution in [2.45, 2.75) is 39.9 Å². The van der Waals surface area contributed by atoms with Crippen LogP contribution in [-0.2, 0) is 16.1 Å². The Hall–Kier alpha value is -1.72. The fourth-order valence-corrected chi connectivity index (χ4v) is 2.66. The molecule has 0 saturated carbocycles. The molecule has 112 valence electrons. The van der Waals surface area contributed by atoms with Gasteiger partial charge in [-0.3, -0.25) is 0 Å². The van der Waals surface area contributed by atoms with Gasteiger partial charge in [0.15, 0.2) is 5.60 Å². The minimum absolute atomic E-state index is 0.195. The monoisotopic (exact) mass is 305 g/mol. The fourth-order valence-electron chi connectivity index (χ4n) is 1.78. The number of carboxylic acid groups (broad SMARTS) is 1. The average Bonchev–Trinajstić information content (AvgIpc) is 2.88. The number of aryl methyl sites for hydroxylation is 2. The van der Waals surface area contributed by atoms with Crippen molar-refractivity contribution in [1.29, 1.82) is 0 Å². The third kappa shape index (κ3) is 3.68. The van der Waals surface area contributed by atoms with Crippen LogP contribution in [0.1, 0.15) is 30.7 Å². The molecule has 0 amide bonds. The molecule has 0 aliphatic carbocycles. The van der Waals surface area contributed by atoms with E-state index < -0.39 is 11.6 Å². The number of benzene rings is 1. The summed E-state index contributed by atoms with van der Waals surface area (Å²) in [7, 11) is 0. The standard InChI is InChI=1S/C16H19NO3S/c1-10-5-6-11(2)13(7-10)14-17-12(9-21-14)8-20-16(3,4)15(18)19/h5-7,9H,8H2,1-4H3,(H,18,19). The number of hydrogen-bond donors (Lipinski definition) is 1. The Morgan fingerprint density at radius 1 is 1.38 bits per heavy atom. The van der Waals surface area contributed by atoms with Gasteiger partial charge in [0.25, 0.3) is 0 Å². The van der Waals surface area contributed by atoms with Crippen LogP contribution in [-0.4, -0.2) is 21.7 Å². The first-order valence-electron chi connectivity index (χ1n) is 6.69. The molecule has 0 unspecified atom stereocenters. The highest BCUT2D eigenvalue weighted by atomic mass is 32.1. The molecule has 0 atom stereocenters. The molecule has 1 heterocycles. The van der Waals surface area contributed by atoms with E-state index in [9.17, 15) is 4.79 Å². The highest BCUT2D eigenvalue weighted by Gasteiger charge is 2.28.